The van der Waals surface area contributed by atoms with E-state index in [2.05, 4.69) is 9.55 Å². The highest BCUT2D eigenvalue weighted by Crippen LogP contribution is 2.55. The molecule has 0 saturated carbocycles. The van der Waals surface area contributed by atoms with Crippen LogP contribution >= 0.6 is 23.5 Å². The van der Waals surface area contributed by atoms with Crippen molar-refractivity contribution in [3.8, 4) is 0 Å². The van der Waals surface area contributed by atoms with Crippen LogP contribution in [0.1, 0.15) is 12.6 Å². The smallest absolute Gasteiger partial charge is 0.354 e. The maximum Gasteiger partial charge on any atom is 0.354 e. The Morgan fingerprint density at radius 2 is 2.35 bits per heavy atom. The predicted octanol–water partition coefficient (Wildman–Crippen LogP) is 0.707. The van der Waals surface area contributed by atoms with Gasteiger partial charge in [0.25, 0.3) is 0 Å². The van der Waals surface area contributed by atoms with Gasteiger partial charge < -0.3 is 14.8 Å². The molecule has 1 saturated heterocycles. The number of carbonyl (C=O) groups is 2. The first-order valence-electron chi connectivity index (χ1n) is 7.28. The average Bonchev–Trinajstić information content (AvgIpc) is 3.10. The number of fused-ring (bicyclic) bond motifs is 2. The van der Waals surface area contributed by atoms with Gasteiger partial charge in [0.05, 0.1) is 22.6 Å². The third-order valence-corrected chi connectivity index (χ3v) is 7.16. The Hall–Kier alpha value is -1.45. The van der Waals surface area contributed by atoms with Gasteiger partial charge in [0, 0.05) is 30.1 Å². The van der Waals surface area contributed by atoms with Crippen LogP contribution in [0.5, 0.6) is 0 Å². The van der Waals surface area contributed by atoms with Gasteiger partial charge in [-0.15, -0.1) is 11.8 Å². The van der Waals surface area contributed by atoms with E-state index in [0.717, 1.165) is 18.7 Å². The van der Waals surface area contributed by atoms with E-state index in [1.54, 1.807) is 13.3 Å². The fraction of sp³-hybridized carbons (Fsp3) is 0.500. The van der Waals surface area contributed by atoms with Gasteiger partial charge in [-0.3, -0.25) is 9.69 Å². The minimum absolute atomic E-state index is 0.0709. The van der Waals surface area contributed by atoms with Crippen LogP contribution in [0.2, 0.25) is 0 Å². The van der Waals surface area contributed by atoms with Crippen molar-refractivity contribution in [1.29, 1.82) is 0 Å². The molecule has 0 aliphatic carbocycles. The lowest BCUT2D eigenvalue weighted by atomic mass is 9.92. The molecule has 7 nitrogen and oxygen atoms in total. The molecule has 0 aromatic carbocycles. The molecular formula is C14H15N3O4S2. The Kier molecular flexibility index (Phi) is 3.47. The monoisotopic (exact) mass is 353 g/mol. The van der Waals surface area contributed by atoms with Crippen molar-refractivity contribution in [3.05, 3.63) is 28.2 Å². The van der Waals surface area contributed by atoms with Crippen LogP contribution in [0, 0.1) is 5.92 Å². The molecule has 3 aliphatic heterocycles. The first-order valence-corrected chi connectivity index (χ1v) is 9.04. The summed E-state index contributed by atoms with van der Waals surface area (Å²) in [7, 11) is 0. The normalized spacial score (nSPS) is 30.3. The van der Waals surface area contributed by atoms with Crippen molar-refractivity contribution >= 4 is 35.4 Å². The lowest BCUT2D eigenvalue weighted by molar-refractivity contribution is -0.156. The van der Waals surface area contributed by atoms with Gasteiger partial charge in [-0.05, 0) is 6.92 Å². The van der Waals surface area contributed by atoms with Crippen LogP contribution in [-0.4, -0.2) is 53.3 Å². The van der Waals surface area contributed by atoms with Crippen molar-refractivity contribution in [1.82, 2.24) is 14.5 Å². The minimum Gasteiger partial charge on any atom is -0.477 e. The van der Waals surface area contributed by atoms with Crippen molar-refractivity contribution in [2.75, 3.05) is 0 Å². The Balaban J connectivity index is 1.55. The molecule has 1 aromatic rings. The van der Waals surface area contributed by atoms with Gasteiger partial charge in [-0.25, -0.2) is 9.78 Å². The zero-order valence-corrected chi connectivity index (χ0v) is 13.9. The van der Waals surface area contributed by atoms with E-state index in [0.29, 0.717) is 4.24 Å². The van der Waals surface area contributed by atoms with Gasteiger partial charge in [0.2, 0.25) is 5.91 Å². The molecule has 2 unspecified atom stereocenters. The summed E-state index contributed by atoms with van der Waals surface area (Å²) >= 11 is 2.90. The van der Waals surface area contributed by atoms with Crippen LogP contribution in [-0.2, 0) is 22.6 Å². The first kappa shape index (κ1) is 15.1. The molecule has 1 amide bonds. The van der Waals surface area contributed by atoms with Crippen LogP contribution in [0.3, 0.4) is 0 Å². The van der Waals surface area contributed by atoms with Crippen LogP contribution in [0.15, 0.2) is 22.5 Å². The minimum atomic E-state index is -1.08. The molecule has 9 heteroatoms. The first-order chi connectivity index (χ1) is 11.0. The highest BCUT2D eigenvalue weighted by Gasteiger charge is 2.58. The number of amides is 1. The second-order valence-corrected chi connectivity index (χ2v) is 8.60. The molecule has 4 atom stereocenters. The second-order valence-electron chi connectivity index (χ2n) is 5.91. The van der Waals surface area contributed by atoms with E-state index >= 15 is 0 Å². The Morgan fingerprint density at radius 1 is 1.57 bits per heavy atom. The number of aliphatic hydroxyl groups is 1. The molecule has 1 fully saturated rings. The summed E-state index contributed by atoms with van der Waals surface area (Å²) < 4.78 is 2.74. The van der Waals surface area contributed by atoms with E-state index in [1.807, 2.05) is 6.20 Å². The molecule has 23 heavy (non-hydrogen) atoms. The zero-order valence-electron chi connectivity index (χ0n) is 12.2. The summed E-state index contributed by atoms with van der Waals surface area (Å²) in [5, 5.41) is 19.2. The fourth-order valence-electron chi connectivity index (χ4n) is 3.26. The largest absolute Gasteiger partial charge is 0.477 e. The lowest BCUT2D eigenvalue weighted by Gasteiger charge is -2.43. The maximum atomic E-state index is 12.2. The number of hydrogen-bond donors (Lipinski definition) is 2. The third kappa shape index (κ3) is 2.21. The van der Waals surface area contributed by atoms with E-state index in [4.69, 9.17) is 0 Å². The zero-order chi connectivity index (χ0) is 16.3. The van der Waals surface area contributed by atoms with E-state index in [9.17, 15) is 19.8 Å². The number of nitrogens with zero attached hydrogens (tertiary/aromatic N) is 3. The molecule has 122 valence electrons. The van der Waals surface area contributed by atoms with Gasteiger partial charge in [-0.1, -0.05) is 11.8 Å². The summed E-state index contributed by atoms with van der Waals surface area (Å²) in [5.74, 6) is -1.90. The number of aliphatic hydroxyl groups excluding tert-OH is 1. The molecule has 3 aliphatic rings. The quantitative estimate of drug-likeness (QED) is 0.770. The van der Waals surface area contributed by atoms with Crippen molar-refractivity contribution in [3.63, 3.8) is 0 Å². The maximum absolute atomic E-state index is 12.2. The molecular weight excluding hydrogens is 338 g/mol. The van der Waals surface area contributed by atoms with Gasteiger partial charge in [0.15, 0.2) is 5.70 Å². The molecule has 4 rings (SSSR count). The number of aromatic nitrogens is 2. The van der Waals surface area contributed by atoms with E-state index < -0.39 is 18.0 Å². The fourth-order valence-corrected chi connectivity index (χ4v) is 6.60. The molecule has 0 spiro atoms. The molecule has 0 radical (unpaired) electrons. The van der Waals surface area contributed by atoms with Crippen molar-refractivity contribution in [2.24, 2.45) is 5.92 Å². The summed E-state index contributed by atoms with van der Waals surface area (Å²) in [4.78, 5) is 29.2. The van der Waals surface area contributed by atoms with Crippen molar-refractivity contribution < 1.29 is 19.8 Å². The number of aliphatic carboxylic acids is 1. The number of carboxylic acids is 1. The molecule has 1 aromatic heterocycles. The summed E-state index contributed by atoms with van der Waals surface area (Å²) in [6.45, 7) is 2.36. The number of carboxylic acid groups (broad SMARTS) is 1. The van der Waals surface area contributed by atoms with Crippen molar-refractivity contribution in [2.45, 2.75) is 36.6 Å². The molecule has 2 N–H and O–H groups in total. The number of rotatable bonds is 4. The summed E-state index contributed by atoms with van der Waals surface area (Å²) in [6.07, 6.45) is 3.67. The number of carbonyl (C=O) groups excluding carboxylic acids is 1. The van der Waals surface area contributed by atoms with E-state index in [1.165, 1.54) is 28.4 Å². The number of hydrogen-bond acceptors (Lipinski definition) is 6. The number of thioether (sulfide) groups is 2. The number of imidazole rings is 1. The van der Waals surface area contributed by atoms with Gasteiger partial charge in [-0.2, -0.15) is 0 Å². The van der Waals surface area contributed by atoms with Crippen LogP contribution in [0.4, 0.5) is 0 Å². The van der Waals surface area contributed by atoms with E-state index in [-0.39, 0.29) is 22.2 Å². The lowest BCUT2D eigenvalue weighted by Crippen LogP contribution is -2.60. The van der Waals surface area contributed by atoms with Crippen LogP contribution < -0.4 is 0 Å². The topological polar surface area (TPSA) is 95.7 Å². The van der Waals surface area contributed by atoms with Gasteiger partial charge in [0.1, 0.15) is 5.37 Å². The second kappa shape index (κ2) is 5.29. The Bertz CT molecular complexity index is 709. The highest BCUT2D eigenvalue weighted by atomic mass is 32.2. The predicted molar refractivity (Wildman–Crippen MR) is 85.4 cm³/mol. The third-order valence-electron chi connectivity index (χ3n) is 4.38. The summed E-state index contributed by atoms with van der Waals surface area (Å²) in [5.41, 5.74) is 1.21. The summed E-state index contributed by atoms with van der Waals surface area (Å²) in [6, 6.07) is 0. The Morgan fingerprint density at radius 3 is 3.00 bits per heavy atom. The highest BCUT2D eigenvalue weighted by molar-refractivity contribution is 8.23. The SMILES string of the molecule is CC(O)[C@H]1C(=O)N2C(C(=O)O)=C(SC3Cc4cncn4C3)S[C@H]12. The number of β-lactam (4-membered cyclic amide) rings is 1. The van der Waals surface area contributed by atoms with Gasteiger partial charge >= 0.3 is 5.97 Å². The standard InChI is InChI=1S/C14H15N3O4S2/c1-6(18)9-11(19)17-10(13(20)21)14(23-12(9)17)22-8-2-7-3-15-5-16(7)4-8/h3,5-6,8-9,12,18H,2,4H2,1H3,(H,20,21)/t6?,8?,9-,12+/m0/s1. The van der Waals surface area contributed by atoms with Crippen LogP contribution in [0.25, 0.3) is 0 Å². The average molecular weight is 353 g/mol. The molecule has 0 bridgehead atoms. The molecule has 4 heterocycles. The Labute approximate surface area is 140 Å².